The molecule has 0 spiro atoms. The monoisotopic (exact) mass is 267 g/mol. The van der Waals surface area contributed by atoms with Gasteiger partial charge in [-0.1, -0.05) is 0 Å². The van der Waals surface area contributed by atoms with Crippen LogP contribution in [0, 0.1) is 0 Å². The number of aromatic amines is 1. The number of H-pyrrole nitrogens is 1. The highest BCUT2D eigenvalue weighted by molar-refractivity contribution is 7.89. The van der Waals surface area contributed by atoms with E-state index in [1.165, 1.54) is 12.1 Å². The molecule has 0 atom stereocenters. The number of aromatic nitrogens is 2. The third-order valence-corrected chi connectivity index (χ3v) is 3.29. The summed E-state index contributed by atoms with van der Waals surface area (Å²) in [6.07, 6.45) is 3.26. The lowest BCUT2D eigenvalue weighted by atomic mass is 10.2. The van der Waals surface area contributed by atoms with Crippen LogP contribution < -0.4 is 16.2 Å². The van der Waals surface area contributed by atoms with Crippen molar-refractivity contribution in [1.29, 1.82) is 0 Å². The van der Waals surface area contributed by atoms with E-state index >= 15 is 0 Å². The molecule has 18 heavy (non-hydrogen) atoms. The number of hydrogen-bond donors (Lipinski definition) is 4. The van der Waals surface area contributed by atoms with Crippen molar-refractivity contribution in [3.8, 4) is 0 Å². The minimum atomic E-state index is -3.72. The molecule has 8 heteroatoms. The van der Waals surface area contributed by atoms with Crippen molar-refractivity contribution in [2.75, 3.05) is 11.1 Å². The molecule has 0 fully saturated rings. The van der Waals surface area contributed by atoms with Crippen molar-refractivity contribution in [3.63, 3.8) is 0 Å². The fourth-order valence-electron chi connectivity index (χ4n) is 1.45. The van der Waals surface area contributed by atoms with E-state index in [1.54, 1.807) is 18.6 Å². The minimum Gasteiger partial charge on any atom is -0.397 e. The number of rotatable bonds is 4. The highest BCUT2D eigenvalue weighted by atomic mass is 32.2. The van der Waals surface area contributed by atoms with E-state index in [4.69, 9.17) is 10.9 Å². The van der Waals surface area contributed by atoms with Gasteiger partial charge in [0.25, 0.3) is 0 Å². The van der Waals surface area contributed by atoms with E-state index < -0.39 is 10.0 Å². The molecule has 0 aliphatic rings. The summed E-state index contributed by atoms with van der Waals surface area (Å²) in [6, 6.07) is 4.30. The Morgan fingerprint density at radius 3 is 2.72 bits per heavy atom. The van der Waals surface area contributed by atoms with Gasteiger partial charge < -0.3 is 16.0 Å². The number of imidazole rings is 1. The van der Waals surface area contributed by atoms with Crippen LogP contribution in [0.4, 0.5) is 11.4 Å². The molecule has 0 aliphatic carbocycles. The van der Waals surface area contributed by atoms with Gasteiger partial charge in [-0.25, -0.2) is 18.5 Å². The van der Waals surface area contributed by atoms with E-state index in [9.17, 15) is 8.42 Å². The Bertz CT molecular complexity index is 636. The van der Waals surface area contributed by atoms with Crippen molar-refractivity contribution >= 4 is 21.4 Å². The number of sulfonamides is 1. The molecular formula is C10H13N5O2S. The van der Waals surface area contributed by atoms with Crippen molar-refractivity contribution < 1.29 is 8.42 Å². The number of nitrogens with two attached hydrogens (primary N) is 2. The number of primary sulfonamides is 1. The Kier molecular flexibility index (Phi) is 3.21. The van der Waals surface area contributed by atoms with Crippen LogP contribution >= 0.6 is 0 Å². The molecule has 96 valence electrons. The number of nitrogen functional groups attached to an aromatic ring is 1. The molecule has 0 amide bonds. The minimum absolute atomic E-state index is 0.00732. The lowest BCUT2D eigenvalue weighted by molar-refractivity contribution is 0.598. The van der Waals surface area contributed by atoms with Gasteiger partial charge >= 0.3 is 0 Å². The predicted octanol–water partition coefficient (Wildman–Crippen LogP) is 0.251. The summed E-state index contributed by atoms with van der Waals surface area (Å²) in [4.78, 5) is 6.81. The van der Waals surface area contributed by atoms with E-state index in [-0.39, 0.29) is 4.90 Å². The van der Waals surface area contributed by atoms with Crippen LogP contribution in [0.5, 0.6) is 0 Å². The van der Waals surface area contributed by atoms with Gasteiger partial charge in [0.2, 0.25) is 10.0 Å². The highest BCUT2D eigenvalue weighted by Gasteiger charge is 2.09. The van der Waals surface area contributed by atoms with E-state index in [0.717, 1.165) is 5.69 Å². The maximum Gasteiger partial charge on any atom is 0.238 e. The predicted molar refractivity (Wildman–Crippen MR) is 68.1 cm³/mol. The Balaban J connectivity index is 2.15. The second-order valence-corrected chi connectivity index (χ2v) is 5.29. The van der Waals surface area contributed by atoms with Gasteiger partial charge in [0.05, 0.1) is 34.8 Å². The number of hydrogen-bond acceptors (Lipinski definition) is 5. The van der Waals surface area contributed by atoms with Gasteiger partial charge in [0.15, 0.2) is 0 Å². The number of benzene rings is 1. The first-order valence-electron chi connectivity index (χ1n) is 5.10. The van der Waals surface area contributed by atoms with Crippen LogP contribution in [-0.4, -0.2) is 18.4 Å². The third kappa shape index (κ3) is 2.79. The molecule has 0 bridgehead atoms. The average molecular weight is 267 g/mol. The fourth-order valence-corrected chi connectivity index (χ4v) is 2.00. The smallest absolute Gasteiger partial charge is 0.238 e. The second-order valence-electron chi connectivity index (χ2n) is 3.72. The summed E-state index contributed by atoms with van der Waals surface area (Å²) in [6.45, 7) is 0.513. The zero-order valence-corrected chi connectivity index (χ0v) is 10.2. The molecule has 0 saturated carbocycles. The molecule has 6 N–H and O–H groups in total. The zero-order chi connectivity index (χ0) is 13.2. The first-order chi connectivity index (χ1) is 8.47. The fraction of sp³-hybridized carbons (Fsp3) is 0.100. The topological polar surface area (TPSA) is 127 Å². The number of anilines is 2. The SMILES string of the molecule is Nc1cc(S(N)(=O)=O)ccc1NCc1cnc[nH]1. The maximum atomic E-state index is 11.1. The zero-order valence-electron chi connectivity index (χ0n) is 9.42. The molecule has 0 saturated heterocycles. The van der Waals surface area contributed by atoms with Crippen LogP contribution in [0.2, 0.25) is 0 Å². The average Bonchev–Trinajstić information content (AvgIpc) is 2.79. The molecular weight excluding hydrogens is 254 g/mol. The van der Waals surface area contributed by atoms with Crippen molar-refractivity contribution in [1.82, 2.24) is 9.97 Å². The summed E-state index contributed by atoms with van der Waals surface area (Å²) in [5.41, 5.74) is 7.60. The van der Waals surface area contributed by atoms with Crippen LogP contribution in [-0.2, 0) is 16.6 Å². The van der Waals surface area contributed by atoms with E-state index in [1.807, 2.05) is 0 Å². The quantitative estimate of drug-likeness (QED) is 0.590. The molecule has 7 nitrogen and oxygen atoms in total. The van der Waals surface area contributed by atoms with Gasteiger partial charge in [-0.2, -0.15) is 0 Å². The summed E-state index contributed by atoms with van der Waals surface area (Å²) < 4.78 is 22.3. The third-order valence-electron chi connectivity index (χ3n) is 2.38. The van der Waals surface area contributed by atoms with E-state index in [2.05, 4.69) is 15.3 Å². The second kappa shape index (κ2) is 4.67. The van der Waals surface area contributed by atoms with Gasteiger partial charge in [-0.3, -0.25) is 0 Å². The van der Waals surface area contributed by atoms with Crippen molar-refractivity contribution in [2.24, 2.45) is 5.14 Å². The lowest BCUT2D eigenvalue weighted by Crippen LogP contribution is -2.13. The van der Waals surface area contributed by atoms with Crippen molar-refractivity contribution in [3.05, 3.63) is 36.4 Å². The Labute approximate surface area is 104 Å². The van der Waals surface area contributed by atoms with Crippen LogP contribution in [0.3, 0.4) is 0 Å². The van der Waals surface area contributed by atoms with E-state index in [0.29, 0.717) is 17.9 Å². The van der Waals surface area contributed by atoms with Crippen LogP contribution in [0.1, 0.15) is 5.69 Å². The molecule has 1 heterocycles. The van der Waals surface area contributed by atoms with Gasteiger partial charge in [-0.05, 0) is 18.2 Å². The Morgan fingerprint density at radius 2 is 2.17 bits per heavy atom. The molecule has 2 aromatic rings. The standard InChI is InChI=1S/C10H13N5O2S/c11-9-3-8(18(12,16)17)1-2-10(9)14-5-7-4-13-6-15-7/h1-4,6,14H,5,11H2,(H,13,15)(H2,12,16,17). The van der Waals surface area contributed by atoms with Gasteiger partial charge in [0, 0.05) is 6.20 Å². The summed E-state index contributed by atoms with van der Waals surface area (Å²) in [7, 11) is -3.72. The molecule has 0 unspecified atom stereocenters. The van der Waals surface area contributed by atoms with Gasteiger partial charge in [-0.15, -0.1) is 0 Å². The lowest BCUT2D eigenvalue weighted by Gasteiger charge is -2.09. The molecule has 0 aliphatic heterocycles. The number of nitrogens with zero attached hydrogens (tertiary/aromatic N) is 1. The summed E-state index contributed by atoms with van der Waals surface area (Å²) >= 11 is 0. The van der Waals surface area contributed by atoms with Crippen LogP contribution in [0.25, 0.3) is 0 Å². The highest BCUT2D eigenvalue weighted by Crippen LogP contribution is 2.22. The first kappa shape index (κ1) is 12.4. The molecule has 1 aromatic carbocycles. The first-order valence-corrected chi connectivity index (χ1v) is 6.65. The molecule has 2 rings (SSSR count). The summed E-state index contributed by atoms with van der Waals surface area (Å²) in [5, 5.41) is 8.07. The maximum absolute atomic E-state index is 11.1. The molecule has 0 radical (unpaired) electrons. The molecule has 1 aromatic heterocycles. The van der Waals surface area contributed by atoms with Crippen molar-refractivity contribution in [2.45, 2.75) is 11.4 Å². The normalized spacial score (nSPS) is 11.4. The van der Waals surface area contributed by atoms with Gasteiger partial charge in [0.1, 0.15) is 0 Å². The van der Waals surface area contributed by atoms with Crippen LogP contribution in [0.15, 0.2) is 35.6 Å². The Morgan fingerprint density at radius 1 is 1.39 bits per heavy atom. The summed E-state index contributed by atoms with van der Waals surface area (Å²) in [5.74, 6) is 0. The Hall–Kier alpha value is -2.06. The largest absolute Gasteiger partial charge is 0.397 e. The number of nitrogens with one attached hydrogen (secondary N) is 2.